The SMILES string of the molecule is Cc1ccccc1NC(=O)Cc1nc(-c2c[nH]c(C(=O)N3CCCC3)c2)cs1. The molecule has 3 heterocycles. The van der Waals surface area contributed by atoms with Crippen molar-refractivity contribution in [2.45, 2.75) is 26.2 Å². The normalized spacial score (nSPS) is 13.7. The first kappa shape index (κ1) is 18.4. The lowest BCUT2D eigenvalue weighted by Gasteiger charge is -2.13. The number of carbonyl (C=O) groups excluding carboxylic acids is 2. The van der Waals surface area contributed by atoms with Gasteiger partial charge >= 0.3 is 0 Å². The summed E-state index contributed by atoms with van der Waals surface area (Å²) in [6.07, 6.45) is 4.16. The van der Waals surface area contributed by atoms with Gasteiger partial charge in [0.1, 0.15) is 10.7 Å². The fraction of sp³-hybridized carbons (Fsp3) is 0.286. The Morgan fingerprint density at radius 2 is 2.04 bits per heavy atom. The van der Waals surface area contributed by atoms with E-state index in [2.05, 4.69) is 15.3 Å². The second-order valence-corrected chi connectivity index (χ2v) is 7.91. The number of rotatable bonds is 5. The quantitative estimate of drug-likeness (QED) is 0.690. The van der Waals surface area contributed by atoms with E-state index in [1.54, 1.807) is 6.20 Å². The van der Waals surface area contributed by atoms with Crippen LogP contribution in [0.25, 0.3) is 11.3 Å². The van der Waals surface area contributed by atoms with Crippen LogP contribution in [0.5, 0.6) is 0 Å². The number of aromatic amines is 1. The summed E-state index contributed by atoms with van der Waals surface area (Å²) in [5.41, 5.74) is 4.08. The molecule has 2 amide bonds. The van der Waals surface area contributed by atoms with E-state index in [1.807, 2.05) is 47.5 Å². The molecule has 0 radical (unpaired) electrons. The van der Waals surface area contributed by atoms with Crippen LogP contribution in [0.15, 0.2) is 41.9 Å². The largest absolute Gasteiger partial charge is 0.357 e. The summed E-state index contributed by atoms with van der Waals surface area (Å²) >= 11 is 1.45. The molecule has 2 aromatic heterocycles. The third-order valence-corrected chi connectivity index (χ3v) is 5.73. The fourth-order valence-corrected chi connectivity index (χ4v) is 4.13. The molecule has 0 unspecified atom stereocenters. The number of aromatic nitrogens is 2. The molecule has 1 saturated heterocycles. The Labute approximate surface area is 167 Å². The van der Waals surface area contributed by atoms with E-state index in [4.69, 9.17) is 0 Å². The molecule has 1 aliphatic rings. The lowest BCUT2D eigenvalue weighted by Crippen LogP contribution is -2.27. The van der Waals surface area contributed by atoms with E-state index in [9.17, 15) is 9.59 Å². The number of hydrogen-bond donors (Lipinski definition) is 2. The van der Waals surface area contributed by atoms with E-state index < -0.39 is 0 Å². The van der Waals surface area contributed by atoms with Crippen LogP contribution < -0.4 is 5.32 Å². The smallest absolute Gasteiger partial charge is 0.270 e. The number of carbonyl (C=O) groups is 2. The Kier molecular flexibility index (Phi) is 5.25. The van der Waals surface area contributed by atoms with Gasteiger partial charge in [0.05, 0.1) is 12.1 Å². The van der Waals surface area contributed by atoms with Crippen LogP contribution in [0.4, 0.5) is 5.69 Å². The molecule has 0 atom stereocenters. The predicted molar refractivity (Wildman–Crippen MR) is 111 cm³/mol. The Morgan fingerprint density at radius 1 is 1.25 bits per heavy atom. The number of H-pyrrole nitrogens is 1. The van der Waals surface area contributed by atoms with Gasteiger partial charge < -0.3 is 15.2 Å². The number of benzene rings is 1. The molecule has 7 heteroatoms. The van der Waals surface area contributed by atoms with Crippen LogP contribution >= 0.6 is 11.3 Å². The highest BCUT2D eigenvalue weighted by molar-refractivity contribution is 7.10. The Hall–Kier alpha value is -2.93. The fourth-order valence-electron chi connectivity index (χ4n) is 3.33. The molecule has 0 aliphatic carbocycles. The van der Waals surface area contributed by atoms with Gasteiger partial charge in [0, 0.05) is 35.9 Å². The van der Waals surface area contributed by atoms with Crippen molar-refractivity contribution in [2.24, 2.45) is 0 Å². The number of likely N-dealkylation sites (tertiary alicyclic amines) is 1. The van der Waals surface area contributed by atoms with Crippen molar-refractivity contribution in [2.75, 3.05) is 18.4 Å². The molecule has 1 aromatic carbocycles. The highest BCUT2D eigenvalue weighted by Gasteiger charge is 2.21. The van der Waals surface area contributed by atoms with Gasteiger partial charge in [-0.25, -0.2) is 4.98 Å². The number of thiazole rings is 1. The number of amides is 2. The van der Waals surface area contributed by atoms with Gasteiger partial charge in [-0.2, -0.15) is 0 Å². The maximum absolute atomic E-state index is 12.5. The van der Waals surface area contributed by atoms with Crippen LogP contribution in [0.3, 0.4) is 0 Å². The predicted octanol–water partition coefficient (Wildman–Crippen LogP) is 3.86. The van der Waals surface area contributed by atoms with Crippen molar-refractivity contribution in [3.05, 3.63) is 58.2 Å². The maximum atomic E-state index is 12.5. The molecule has 0 saturated carbocycles. The van der Waals surface area contributed by atoms with Gasteiger partial charge in [-0.3, -0.25) is 9.59 Å². The lowest BCUT2D eigenvalue weighted by atomic mass is 10.2. The highest BCUT2D eigenvalue weighted by atomic mass is 32.1. The van der Waals surface area contributed by atoms with E-state index in [0.717, 1.165) is 53.4 Å². The molecule has 4 rings (SSSR count). The molecule has 144 valence electrons. The summed E-state index contributed by atoms with van der Waals surface area (Å²) in [7, 11) is 0. The second-order valence-electron chi connectivity index (χ2n) is 6.97. The number of para-hydroxylation sites is 1. The van der Waals surface area contributed by atoms with Crippen molar-refractivity contribution in [3.63, 3.8) is 0 Å². The van der Waals surface area contributed by atoms with Crippen molar-refractivity contribution in [3.8, 4) is 11.3 Å². The minimum absolute atomic E-state index is 0.0387. The van der Waals surface area contributed by atoms with Crippen LogP contribution in [0.1, 0.15) is 33.9 Å². The number of nitrogens with one attached hydrogen (secondary N) is 2. The minimum Gasteiger partial charge on any atom is -0.357 e. The van der Waals surface area contributed by atoms with Crippen molar-refractivity contribution >= 4 is 28.8 Å². The molecule has 3 aromatic rings. The van der Waals surface area contributed by atoms with Gasteiger partial charge in [-0.15, -0.1) is 11.3 Å². The summed E-state index contributed by atoms with van der Waals surface area (Å²) in [6, 6.07) is 9.53. The van der Waals surface area contributed by atoms with Gasteiger partial charge in [0.2, 0.25) is 5.91 Å². The van der Waals surface area contributed by atoms with Gasteiger partial charge in [-0.1, -0.05) is 18.2 Å². The van der Waals surface area contributed by atoms with Crippen molar-refractivity contribution in [1.82, 2.24) is 14.9 Å². The highest BCUT2D eigenvalue weighted by Crippen LogP contribution is 2.24. The van der Waals surface area contributed by atoms with Gasteiger partial charge in [0.25, 0.3) is 5.91 Å². The Balaban J connectivity index is 1.41. The molecule has 2 N–H and O–H groups in total. The van der Waals surface area contributed by atoms with E-state index in [0.29, 0.717) is 5.69 Å². The molecular formula is C21H22N4O2S. The van der Waals surface area contributed by atoms with Crippen LogP contribution in [-0.2, 0) is 11.2 Å². The third kappa shape index (κ3) is 3.99. The van der Waals surface area contributed by atoms with Crippen LogP contribution in [0, 0.1) is 6.92 Å². The van der Waals surface area contributed by atoms with E-state index in [1.165, 1.54) is 11.3 Å². The molecular weight excluding hydrogens is 372 g/mol. The van der Waals surface area contributed by atoms with Crippen LogP contribution in [0.2, 0.25) is 0 Å². The average molecular weight is 395 g/mol. The maximum Gasteiger partial charge on any atom is 0.270 e. The first-order valence-corrected chi connectivity index (χ1v) is 10.3. The van der Waals surface area contributed by atoms with Crippen LogP contribution in [-0.4, -0.2) is 39.8 Å². The first-order valence-electron chi connectivity index (χ1n) is 9.38. The number of anilines is 1. The van der Waals surface area contributed by atoms with Gasteiger partial charge in [0.15, 0.2) is 0 Å². The Bertz CT molecular complexity index is 1000. The van der Waals surface area contributed by atoms with Crippen molar-refractivity contribution in [1.29, 1.82) is 0 Å². The molecule has 0 bridgehead atoms. The zero-order valence-electron chi connectivity index (χ0n) is 15.7. The monoisotopic (exact) mass is 394 g/mol. The Morgan fingerprint density at radius 3 is 2.82 bits per heavy atom. The van der Waals surface area contributed by atoms with Crippen molar-refractivity contribution < 1.29 is 9.59 Å². The number of hydrogen-bond acceptors (Lipinski definition) is 4. The summed E-state index contributed by atoms with van der Waals surface area (Å²) in [4.78, 5) is 34.3. The number of nitrogens with zero attached hydrogens (tertiary/aromatic N) is 2. The lowest BCUT2D eigenvalue weighted by molar-refractivity contribution is -0.115. The summed E-state index contributed by atoms with van der Waals surface area (Å²) in [5.74, 6) is -0.0500. The summed E-state index contributed by atoms with van der Waals surface area (Å²) in [5, 5.41) is 5.59. The topological polar surface area (TPSA) is 78.1 Å². The minimum atomic E-state index is -0.0887. The van der Waals surface area contributed by atoms with Gasteiger partial charge in [-0.05, 0) is 37.5 Å². The van der Waals surface area contributed by atoms with E-state index in [-0.39, 0.29) is 18.2 Å². The third-order valence-electron chi connectivity index (χ3n) is 4.89. The first-order chi connectivity index (χ1) is 13.6. The molecule has 28 heavy (non-hydrogen) atoms. The number of aryl methyl sites for hydroxylation is 1. The molecule has 1 aliphatic heterocycles. The zero-order chi connectivity index (χ0) is 19.5. The standard InChI is InChI=1S/C21H22N4O2S/c1-14-6-2-3-7-16(14)23-19(26)11-20-24-18(13-28-20)15-10-17(22-12-15)21(27)25-8-4-5-9-25/h2-3,6-7,10,12-13,22H,4-5,8-9,11H2,1H3,(H,23,26). The zero-order valence-corrected chi connectivity index (χ0v) is 16.5. The second kappa shape index (κ2) is 7.98. The average Bonchev–Trinajstić information content (AvgIpc) is 3.44. The molecule has 0 spiro atoms. The summed E-state index contributed by atoms with van der Waals surface area (Å²) < 4.78 is 0. The summed E-state index contributed by atoms with van der Waals surface area (Å²) in [6.45, 7) is 3.61. The van der Waals surface area contributed by atoms with E-state index >= 15 is 0 Å². The molecule has 6 nitrogen and oxygen atoms in total. The molecule has 1 fully saturated rings.